The van der Waals surface area contributed by atoms with Crippen molar-refractivity contribution in [2.75, 3.05) is 5.43 Å². The summed E-state index contributed by atoms with van der Waals surface area (Å²) in [6.45, 7) is 1.74. The molecule has 0 radical (unpaired) electrons. The minimum atomic E-state index is -0.216. The normalized spacial score (nSPS) is 10.1. The van der Waals surface area contributed by atoms with E-state index in [-0.39, 0.29) is 12.3 Å². The molecule has 104 valence electrons. The predicted molar refractivity (Wildman–Crippen MR) is 77.5 cm³/mol. The number of anilines is 1. The van der Waals surface area contributed by atoms with Gasteiger partial charge in [-0.15, -0.1) is 11.3 Å². The van der Waals surface area contributed by atoms with Crippen molar-refractivity contribution in [2.24, 2.45) is 7.05 Å². The van der Waals surface area contributed by atoms with Gasteiger partial charge in [-0.1, -0.05) is 11.6 Å². The zero-order chi connectivity index (χ0) is 14.7. The van der Waals surface area contributed by atoms with Crippen LogP contribution in [0.1, 0.15) is 16.1 Å². The van der Waals surface area contributed by atoms with E-state index in [1.807, 2.05) is 12.1 Å². The van der Waals surface area contributed by atoms with Gasteiger partial charge in [-0.3, -0.25) is 20.3 Å². The molecule has 0 aliphatic rings. The van der Waals surface area contributed by atoms with Crippen LogP contribution < -0.4 is 10.9 Å². The Morgan fingerprint density at radius 1 is 1.60 bits per heavy atom. The Balaban J connectivity index is 1.99. The third-order valence-electron chi connectivity index (χ3n) is 2.62. The van der Waals surface area contributed by atoms with Crippen LogP contribution in [0.5, 0.6) is 0 Å². The third kappa shape index (κ3) is 3.10. The van der Waals surface area contributed by atoms with Crippen LogP contribution in [0.25, 0.3) is 0 Å². The number of hydrazine groups is 1. The Morgan fingerprint density at radius 2 is 2.35 bits per heavy atom. The minimum absolute atomic E-state index is 0.216. The van der Waals surface area contributed by atoms with Gasteiger partial charge in [0.1, 0.15) is 11.6 Å². The average Bonchev–Trinajstić information content (AvgIpc) is 2.90. The fourth-order valence-corrected chi connectivity index (χ4v) is 2.80. The highest BCUT2D eigenvalue weighted by molar-refractivity contribution is 7.16. The van der Waals surface area contributed by atoms with Crippen molar-refractivity contribution in [1.29, 1.82) is 5.26 Å². The first kappa shape index (κ1) is 14.4. The number of thiophene rings is 1. The van der Waals surface area contributed by atoms with Crippen LogP contribution >= 0.6 is 22.9 Å². The maximum Gasteiger partial charge on any atom is 0.243 e. The van der Waals surface area contributed by atoms with Crippen LogP contribution in [0.15, 0.2) is 12.1 Å². The molecule has 0 spiro atoms. The second-order valence-corrected chi connectivity index (χ2v) is 5.90. The highest BCUT2D eigenvalue weighted by Crippen LogP contribution is 2.21. The number of nitriles is 1. The number of aryl methyl sites for hydroxylation is 2. The van der Waals surface area contributed by atoms with Crippen LogP contribution in [0.4, 0.5) is 5.82 Å². The molecular weight excluding hydrogens is 298 g/mol. The summed E-state index contributed by atoms with van der Waals surface area (Å²) in [5.41, 5.74) is 6.30. The molecule has 2 aromatic heterocycles. The van der Waals surface area contributed by atoms with E-state index in [0.717, 1.165) is 4.88 Å². The van der Waals surface area contributed by atoms with Crippen molar-refractivity contribution >= 4 is 34.7 Å². The quantitative estimate of drug-likeness (QED) is 0.846. The summed E-state index contributed by atoms with van der Waals surface area (Å²) in [4.78, 5) is 12.7. The maximum absolute atomic E-state index is 11.8. The molecule has 0 saturated heterocycles. The first-order valence-corrected chi connectivity index (χ1v) is 6.93. The number of carbonyl (C=O) groups excluding carboxylic acids is 1. The van der Waals surface area contributed by atoms with E-state index in [4.69, 9.17) is 16.9 Å². The SMILES string of the molecule is Cc1nn(C)c(NNC(=O)Cc2ccc(Cl)s2)c1C#N. The van der Waals surface area contributed by atoms with Crippen molar-refractivity contribution < 1.29 is 4.79 Å². The lowest BCUT2D eigenvalue weighted by Gasteiger charge is -2.08. The monoisotopic (exact) mass is 309 g/mol. The molecule has 0 fully saturated rings. The second-order valence-electron chi connectivity index (χ2n) is 4.10. The number of rotatable bonds is 4. The van der Waals surface area contributed by atoms with E-state index < -0.39 is 0 Å². The molecule has 0 bridgehead atoms. The molecule has 2 heterocycles. The Kier molecular flexibility index (Phi) is 4.27. The molecule has 2 N–H and O–H groups in total. The molecular formula is C12H12ClN5OS. The molecule has 1 amide bonds. The largest absolute Gasteiger partial charge is 0.281 e. The van der Waals surface area contributed by atoms with E-state index in [1.54, 1.807) is 20.0 Å². The van der Waals surface area contributed by atoms with Gasteiger partial charge < -0.3 is 0 Å². The summed E-state index contributed by atoms with van der Waals surface area (Å²) in [6, 6.07) is 5.61. The summed E-state index contributed by atoms with van der Waals surface area (Å²) in [5, 5.41) is 13.2. The summed E-state index contributed by atoms with van der Waals surface area (Å²) in [5.74, 6) is 0.244. The number of aromatic nitrogens is 2. The first-order chi connectivity index (χ1) is 9.51. The molecule has 0 atom stereocenters. The van der Waals surface area contributed by atoms with Crippen LogP contribution in [0, 0.1) is 18.3 Å². The lowest BCUT2D eigenvalue weighted by atomic mass is 10.3. The summed E-state index contributed by atoms with van der Waals surface area (Å²) < 4.78 is 2.16. The molecule has 0 aromatic carbocycles. The van der Waals surface area contributed by atoms with E-state index in [0.29, 0.717) is 21.4 Å². The lowest BCUT2D eigenvalue weighted by Crippen LogP contribution is -2.31. The van der Waals surface area contributed by atoms with Crippen molar-refractivity contribution in [2.45, 2.75) is 13.3 Å². The lowest BCUT2D eigenvalue weighted by molar-refractivity contribution is -0.119. The van der Waals surface area contributed by atoms with Crippen molar-refractivity contribution in [3.8, 4) is 6.07 Å². The smallest absolute Gasteiger partial charge is 0.243 e. The number of halogens is 1. The van der Waals surface area contributed by atoms with Crippen LogP contribution in [0.2, 0.25) is 4.34 Å². The molecule has 6 nitrogen and oxygen atoms in total. The van der Waals surface area contributed by atoms with Gasteiger partial charge in [0.05, 0.1) is 16.5 Å². The van der Waals surface area contributed by atoms with Crippen molar-refractivity contribution in [3.05, 3.63) is 32.6 Å². The Hall–Kier alpha value is -2.04. The van der Waals surface area contributed by atoms with Gasteiger partial charge >= 0.3 is 0 Å². The van der Waals surface area contributed by atoms with Gasteiger partial charge in [0.2, 0.25) is 5.91 Å². The fraction of sp³-hybridized carbons (Fsp3) is 0.250. The summed E-state index contributed by atoms with van der Waals surface area (Å²) in [7, 11) is 1.70. The number of amides is 1. The highest BCUT2D eigenvalue weighted by Gasteiger charge is 2.13. The number of carbonyl (C=O) groups is 1. The summed E-state index contributed by atoms with van der Waals surface area (Å²) >= 11 is 7.16. The number of hydrogen-bond donors (Lipinski definition) is 2. The molecule has 0 aliphatic carbocycles. The minimum Gasteiger partial charge on any atom is -0.281 e. The van der Waals surface area contributed by atoms with Gasteiger partial charge in [0.25, 0.3) is 0 Å². The van der Waals surface area contributed by atoms with Crippen LogP contribution in [-0.4, -0.2) is 15.7 Å². The zero-order valence-electron chi connectivity index (χ0n) is 10.9. The third-order valence-corrected chi connectivity index (χ3v) is 3.85. The molecule has 2 aromatic rings. The van der Waals surface area contributed by atoms with Crippen LogP contribution in [-0.2, 0) is 18.3 Å². The molecule has 0 aliphatic heterocycles. The van der Waals surface area contributed by atoms with E-state index in [9.17, 15) is 4.79 Å². The number of nitrogens with zero attached hydrogens (tertiary/aromatic N) is 3. The van der Waals surface area contributed by atoms with E-state index >= 15 is 0 Å². The predicted octanol–water partition coefficient (Wildman–Crippen LogP) is 2.00. The molecule has 8 heteroatoms. The van der Waals surface area contributed by atoms with Gasteiger partial charge in [-0.2, -0.15) is 10.4 Å². The molecule has 0 saturated carbocycles. The average molecular weight is 310 g/mol. The van der Waals surface area contributed by atoms with E-state index in [2.05, 4.69) is 16.0 Å². The van der Waals surface area contributed by atoms with Crippen molar-refractivity contribution in [1.82, 2.24) is 15.2 Å². The standard InChI is InChI=1S/C12H12ClN5OS/c1-7-9(6-14)12(18(2)17-7)16-15-11(19)5-8-3-4-10(13)20-8/h3-4,16H,5H2,1-2H3,(H,15,19). The van der Waals surface area contributed by atoms with Gasteiger partial charge in [0.15, 0.2) is 5.82 Å². The fourth-order valence-electron chi connectivity index (χ4n) is 1.71. The maximum atomic E-state index is 11.8. The number of hydrogen-bond acceptors (Lipinski definition) is 5. The number of nitrogens with one attached hydrogen (secondary N) is 2. The Bertz CT molecular complexity index is 685. The molecule has 2 rings (SSSR count). The topological polar surface area (TPSA) is 82.7 Å². The first-order valence-electron chi connectivity index (χ1n) is 5.74. The van der Waals surface area contributed by atoms with Gasteiger partial charge in [-0.25, -0.2) is 0 Å². The van der Waals surface area contributed by atoms with E-state index in [1.165, 1.54) is 16.0 Å². The molecule has 0 unspecified atom stereocenters. The summed E-state index contributed by atoms with van der Waals surface area (Å²) in [6.07, 6.45) is 0.225. The zero-order valence-corrected chi connectivity index (χ0v) is 12.5. The van der Waals surface area contributed by atoms with Crippen molar-refractivity contribution in [3.63, 3.8) is 0 Å². The highest BCUT2D eigenvalue weighted by atomic mass is 35.5. The molecule has 20 heavy (non-hydrogen) atoms. The van der Waals surface area contributed by atoms with Gasteiger partial charge in [0, 0.05) is 11.9 Å². The Labute approximate surface area is 124 Å². The van der Waals surface area contributed by atoms with Gasteiger partial charge in [-0.05, 0) is 19.1 Å². The van der Waals surface area contributed by atoms with Crippen LogP contribution in [0.3, 0.4) is 0 Å². The Morgan fingerprint density at radius 3 is 2.95 bits per heavy atom. The second kappa shape index (κ2) is 5.94.